The van der Waals surface area contributed by atoms with Crippen molar-refractivity contribution in [2.75, 3.05) is 18.1 Å². The van der Waals surface area contributed by atoms with Crippen LogP contribution in [0.25, 0.3) is 0 Å². The molecule has 16 heavy (non-hydrogen) atoms. The first-order valence-corrected chi connectivity index (χ1v) is 6.05. The van der Waals surface area contributed by atoms with Crippen LogP contribution in [0.1, 0.15) is 25.3 Å². The van der Waals surface area contributed by atoms with Gasteiger partial charge in [-0.2, -0.15) is 0 Å². The first-order chi connectivity index (χ1) is 7.79. The maximum Gasteiger partial charge on any atom is 0.0941 e. The van der Waals surface area contributed by atoms with E-state index in [1.54, 1.807) is 0 Å². The van der Waals surface area contributed by atoms with E-state index < -0.39 is 0 Å². The lowest BCUT2D eigenvalue weighted by Crippen LogP contribution is -2.25. The van der Waals surface area contributed by atoms with Gasteiger partial charge in [0.05, 0.1) is 6.67 Å². The Balaban J connectivity index is 1.94. The van der Waals surface area contributed by atoms with Crippen LogP contribution < -0.4 is 4.90 Å². The lowest BCUT2D eigenvalue weighted by atomic mass is 10.2. The van der Waals surface area contributed by atoms with Crippen molar-refractivity contribution in [1.29, 1.82) is 0 Å². The number of benzene rings is 1. The van der Waals surface area contributed by atoms with Gasteiger partial charge < -0.3 is 9.80 Å². The molecule has 0 aromatic heterocycles. The van der Waals surface area contributed by atoms with Crippen LogP contribution in [0.5, 0.6) is 0 Å². The lowest BCUT2D eigenvalue weighted by molar-refractivity contribution is 0.396. The van der Waals surface area contributed by atoms with Crippen LogP contribution in [0.3, 0.4) is 0 Å². The zero-order valence-corrected chi connectivity index (χ0v) is 10.2. The van der Waals surface area contributed by atoms with Gasteiger partial charge in [0, 0.05) is 24.6 Å². The van der Waals surface area contributed by atoms with Gasteiger partial charge in [-0.15, -0.1) is 0 Å². The molecule has 2 nitrogen and oxygen atoms in total. The molecule has 0 atom stereocenters. The third-order valence-corrected chi connectivity index (χ3v) is 2.96. The van der Waals surface area contributed by atoms with Gasteiger partial charge in [-0.25, -0.2) is 0 Å². The standard InChI is InChI=1S/C14H20N2/c1-3-4-9-15-10-11-16(12-15)14-7-5-13(2)6-8-14/h5-8,10-11H,3-4,9,12H2,1-2H3. The first-order valence-electron chi connectivity index (χ1n) is 6.05. The minimum Gasteiger partial charge on any atom is -0.358 e. The molecule has 1 aromatic rings. The second kappa shape index (κ2) is 5.06. The van der Waals surface area contributed by atoms with Gasteiger partial charge in [0.2, 0.25) is 0 Å². The van der Waals surface area contributed by atoms with E-state index in [1.807, 2.05) is 0 Å². The van der Waals surface area contributed by atoms with E-state index >= 15 is 0 Å². The van der Waals surface area contributed by atoms with Gasteiger partial charge in [-0.1, -0.05) is 31.0 Å². The molecule has 0 fully saturated rings. The van der Waals surface area contributed by atoms with E-state index in [4.69, 9.17) is 0 Å². The normalized spacial score (nSPS) is 14.9. The summed E-state index contributed by atoms with van der Waals surface area (Å²) in [7, 11) is 0. The summed E-state index contributed by atoms with van der Waals surface area (Å²) in [5, 5.41) is 0. The molecule has 0 unspecified atom stereocenters. The zero-order valence-electron chi connectivity index (χ0n) is 10.2. The van der Waals surface area contributed by atoms with Crippen LogP contribution in [0, 0.1) is 6.92 Å². The molecule has 0 bridgehead atoms. The van der Waals surface area contributed by atoms with Gasteiger partial charge in [0.1, 0.15) is 0 Å². The van der Waals surface area contributed by atoms with Gasteiger partial charge in [0.25, 0.3) is 0 Å². The second-order valence-electron chi connectivity index (χ2n) is 4.41. The maximum atomic E-state index is 2.36. The third-order valence-electron chi connectivity index (χ3n) is 2.96. The Kier molecular flexibility index (Phi) is 3.50. The Hall–Kier alpha value is -1.44. The Morgan fingerprint density at radius 1 is 1.12 bits per heavy atom. The number of anilines is 1. The summed E-state index contributed by atoms with van der Waals surface area (Å²) >= 11 is 0. The van der Waals surface area contributed by atoms with Crippen LogP contribution >= 0.6 is 0 Å². The smallest absolute Gasteiger partial charge is 0.0941 e. The van der Waals surface area contributed by atoms with E-state index in [0.717, 1.165) is 13.2 Å². The highest BCUT2D eigenvalue weighted by atomic mass is 15.3. The van der Waals surface area contributed by atoms with Crippen molar-refractivity contribution in [2.45, 2.75) is 26.7 Å². The van der Waals surface area contributed by atoms with Crippen LogP contribution in [0.2, 0.25) is 0 Å². The Labute approximate surface area is 98.2 Å². The molecule has 0 radical (unpaired) electrons. The summed E-state index contributed by atoms with van der Waals surface area (Å²) in [5.74, 6) is 0. The van der Waals surface area contributed by atoms with E-state index in [0.29, 0.717) is 0 Å². The predicted octanol–water partition coefficient (Wildman–Crippen LogP) is 3.35. The molecule has 0 saturated heterocycles. The molecule has 0 saturated carbocycles. The predicted molar refractivity (Wildman–Crippen MR) is 69.3 cm³/mol. The summed E-state index contributed by atoms with van der Waals surface area (Å²) in [6.07, 6.45) is 6.89. The SMILES string of the molecule is CCCCN1C=CN(c2ccc(C)cc2)C1. The minimum absolute atomic E-state index is 0.989. The number of rotatable bonds is 4. The fraction of sp³-hybridized carbons (Fsp3) is 0.429. The molecule has 1 aliphatic rings. The molecule has 1 aliphatic heterocycles. The largest absolute Gasteiger partial charge is 0.358 e. The molecule has 0 spiro atoms. The summed E-state index contributed by atoms with van der Waals surface area (Å²) in [6.45, 7) is 6.51. The zero-order chi connectivity index (χ0) is 11.4. The van der Waals surface area contributed by atoms with Gasteiger partial charge in [-0.3, -0.25) is 0 Å². The Morgan fingerprint density at radius 2 is 1.88 bits per heavy atom. The fourth-order valence-electron chi connectivity index (χ4n) is 1.88. The molecule has 2 heteroatoms. The van der Waals surface area contributed by atoms with Crippen LogP contribution in [0.15, 0.2) is 36.7 Å². The summed E-state index contributed by atoms with van der Waals surface area (Å²) in [6, 6.07) is 8.70. The molecule has 0 amide bonds. The molecule has 1 aromatic carbocycles. The van der Waals surface area contributed by atoms with E-state index in [1.165, 1.54) is 24.1 Å². The van der Waals surface area contributed by atoms with Gasteiger partial charge >= 0.3 is 0 Å². The topological polar surface area (TPSA) is 6.48 Å². The lowest BCUT2D eigenvalue weighted by Gasteiger charge is -2.21. The Morgan fingerprint density at radius 3 is 2.56 bits per heavy atom. The highest BCUT2D eigenvalue weighted by molar-refractivity contribution is 5.51. The van der Waals surface area contributed by atoms with E-state index in [9.17, 15) is 0 Å². The van der Waals surface area contributed by atoms with Crippen molar-refractivity contribution in [2.24, 2.45) is 0 Å². The average molecular weight is 216 g/mol. The van der Waals surface area contributed by atoms with Crippen molar-refractivity contribution in [3.8, 4) is 0 Å². The number of hydrogen-bond donors (Lipinski definition) is 0. The molecular weight excluding hydrogens is 196 g/mol. The van der Waals surface area contributed by atoms with Crippen molar-refractivity contribution < 1.29 is 0 Å². The van der Waals surface area contributed by atoms with Crippen molar-refractivity contribution >= 4 is 5.69 Å². The number of hydrogen-bond acceptors (Lipinski definition) is 2. The summed E-state index contributed by atoms with van der Waals surface area (Å²) in [5.41, 5.74) is 2.59. The first kappa shape index (κ1) is 11.1. The van der Waals surface area contributed by atoms with Crippen molar-refractivity contribution in [1.82, 2.24) is 4.90 Å². The average Bonchev–Trinajstić information content (AvgIpc) is 2.76. The number of aryl methyl sites for hydroxylation is 1. The maximum absolute atomic E-state index is 2.36. The molecule has 1 heterocycles. The third kappa shape index (κ3) is 2.57. The molecule has 86 valence electrons. The number of unbranched alkanes of at least 4 members (excludes halogenated alkanes) is 1. The Bertz CT molecular complexity index is 354. The molecule has 0 aliphatic carbocycles. The highest BCUT2D eigenvalue weighted by Gasteiger charge is 2.12. The van der Waals surface area contributed by atoms with Crippen molar-refractivity contribution in [3.63, 3.8) is 0 Å². The summed E-state index contributed by atoms with van der Waals surface area (Å²) in [4.78, 5) is 4.65. The van der Waals surface area contributed by atoms with Crippen LogP contribution in [-0.4, -0.2) is 18.1 Å². The molecular formula is C14H20N2. The fourth-order valence-corrected chi connectivity index (χ4v) is 1.88. The van der Waals surface area contributed by atoms with Crippen LogP contribution in [-0.2, 0) is 0 Å². The van der Waals surface area contributed by atoms with E-state index in [2.05, 4.69) is 60.3 Å². The van der Waals surface area contributed by atoms with Gasteiger partial charge in [-0.05, 0) is 25.5 Å². The monoisotopic (exact) mass is 216 g/mol. The van der Waals surface area contributed by atoms with Gasteiger partial charge in [0.15, 0.2) is 0 Å². The summed E-state index contributed by atoms with van der Waals surface area (Å²) < 4.78 is 0. The number of nitrogens with zero attached hydrogens (tertiary/aromatic N) is 2. The van der Waals surface area contributed by atoms with E-state index in [-0.39, 0.29) is 0 Å². The minimum atomic E-state index is 0.989. The second-order valence-corrected chi connectivity index (χ2v) is 4.41. The van der Waals surface area contributed by atoms with Crippen LogP contribution in [0.4, 0.5) is 5.69 Å². The highest BCUT2D eigenvalue weighted by Crippen LogP contribution is 2.19. The van der Waals surface area contributed by atoms with Crippen molar-refractivity contribution in [3.05, 3.63) is 42.2 Å². The molecule has 2 rings (SSSR count). The molecule has 0 N–H and O–H groups in total. The quantitative estimate of drug-likeness (QED) is 0.761.